The number of alkyl halides is 3. The number of halogens is 3. The van der Waals surface area contributed by atoms with Gasteiger partial charge in [-0.25, -0.2) is 4.98 Å². The molecule has 0 radical (unpaired) electrons. The van der Waals surface area contributed by atoms with Gasteiger partial charge in [0.1, 0.15) is 11.6 Å². The molecule has 0 bridgehead atoms. The molecule has 1 aromatic heterocycles. The van der Waals surface area contributed by atoms with Gasteiger partial charge in [-0.3, -0.25) is 0 Å². The Labute approximate surface area is 123 Å². The molecule has 0 unspecified atom stereocenters. The van der Waals surface area contributed by atoms with Gasteiger partial charge < -0.3 is 10.2 Å². The van der Waals surface area contributed by atoms with E-state index in [1.54, 1.807) is 7.05 Å². The maximum atomic E-state index is 13.0. The second kappa shape index (κ2) is 5.73. The van der Waals surface area contributed by atoms with Crippen molar-refractivity contribution in [2.75, 3.05) is 30.4 Å². The Kier molecular flexibility index (Phi) is 4.35. The Balaban J connectivity index is 2.24. The van der Waals surface area contributed by atoms with E-state index in [0.717, 1.165) is 44.5 Å². The molecular formula is C15H22F3N3. The first-order valence-corrected chi connectivity index (χ1v) is 7.29. The van der Waals surface area contributed by atoms with E-state index in [4.69, 9.17) is 0 Å². The summed E-state index contributed by atoms with van der Waals surface area (Å²) in [6.07, 6.45) is -1.29. The molecule has 0 atom stereocenters. The van der Waals surface area contributed by atoms with Crippen molar-refractivity contribution in [2.45, 2.75) is 39.3 Å². The summed E-state index contributed by atoms with van der Waals surface area (Å²) < 4.78 is 38.9. The molecule has 1 saturated heterocycles. The van der Waals surface area contributed by atoms with Crippen LogP contribution in [0.2, 0.25) is 0 Å². The summed E-state index contributed by atoms with van der Waals surface area (Å²) in [6.45, 7) is 5.91. The highest BCUT2D eigenvalue weighted by molar-refractivity contribution is 5.51. The topological polar surface area (TPSA) is 28.2 Å². The fraction of sp³-hybridized carbons (Fsp3) is 0.667. The average molecular weight is 301 g/mol. The molecule has 0 spiro atoms. The van der Waals surface area contributed by atoms with Crippen LogP contribution in [-0.4, -0.2) is 25.1 Å². The van der Waals surface area contributed by atoms with Gasteiger partial charge in [0.25, 0.3) is 0 Å². The van der Waals surface area contributed by atoms with Crippen LogP contribution in [0.3, 0.4) is 0 Å². The van der Waals surface area contributed by atoms with Crippen LogP contribution in [0.4, 0.5) is 24.8 Å². The van der Waals surface area contributed by atoms with Crippen LogP contribution in [0, 0.1) is 5.41 Å². The van der Waals surface area contributed by atoms with Crippen LogP contribution in [0.1, 0.15) is 38.7 Å². The summed E-state index contributed by atoms with van der Waals surface area (Å²) in [5, 5.41) is 2.71. The van der Waals surface area contributed by atoms with Gasteiger partial charge in [-0.1, -0.05) is 20.3 Å². The van der Waals surface area contributed by atoms with E-state index in [1.807, 2.05) is 4.90 Å². The lowest BCUT2D eigenvalue weighted by molar-refractivity contribution is -0.137. The third kappa shape index (κ3) is 3.60. The van der Waals surface area contributed by atoms with Gasteiger partial charge in [-0.15, -0.1) is 0 Å². The lowest BCUT2D eigenvalue weighted by Crippen LogP contribution is -2.39. The summed E-state index contributed by atoms with van der Waals surface area (Å²) in [4.78, 5) is 6.23. The molecular weight excluding hydrogens is 279 g/mol. The van der Waals surface area contributed by atoms with Crippen LogP contribution in [0.5, 0.6) is 0 Å². The first kappa shape index (κ1) is 15.9. The van der Waals surface area contributed by atoms with Crippen molar-refractivity contribution in [1.29, 1.82) is 0 Å². The van der Waals surface area contributed by atoms with E-state index in [0.29, 0.717) is 11.2 Å². The SMILES string of the molecule is CCC1(C)CCN(c2cc(C(F)(F)F)cc(NC)n2)CC1. The van der Waals surface area contributed by atoms with E-state index >= 15 is 0 Å². The highest BCUT2D eigenvalue weighted by atomic mass is 19.4. The Morgan fingerprint density at radius 1 is 1.29 bits per heavy atom. The number of nitrogens with one attached hydrogen (secondary N) is 1. The fourth-order valence-corrected chi connectivity index (χ4v) is 2.60. The first-order valence-electron chi connectivity index (χ1n) is 7.29. The summed E-state index contributed by atoms with van der Waals surface area (Å²) in [5.41, 5.74) is -0.357. The maximum absolute atomic E-state index is 13.0. The fourth-order valence-electron chi connectivity index (χ4n) is 2.60. The normalized spacial score (nSPS) is 18.7. The Morgan fingerprint density at radius 2 is 1.90 bits per heavy atom. The van der Waals surface area contributed by atoms with E-state index < -0.39 is 11.7 Å². The highest BCUT2D eigenvalue weighted by Gasteiger charge is 2.33. The van der Waals surface area contributed by atoms with Gasteiger partial charge in [0.05, 0.1) is 5.56 Å². The number of nitrogens with zero attached hydrogens (tertiary/aromatic N) is 2. The van der Waals surface area contributed by atoms with Crippen LogP contribution in [0.25, 0.3) is 0 Å². The van der Waals surface area contributed by atoms with Crippen molar-refractivity contribution in [2.24, 2.45) is 5.41 Å². The third-order valence-electron chi connectivity index (χ3n) is 4.54. The van der Waals surface area contributed by atoms with Gasteiger partial charge in [0.2, 0.25) is 0 Å². The Hall–Kier alpha value is -1.46. The van der Waals surface area contributed by atoms with Crippen LogP contribution >= 0.6 is 0 Å². The largest absolute Gasteiger partial charge is 0.416 e. The molecule has 6 heteroatoms. The summed E-state index contributed by atoms with van der Waals surface area (Å²) in [7, 11) is 1.58. The number of pyridine rings is 1. The third-order valence-corrected chi connectivity index (χ3v) is 4.54. The Bertz CT molecular complexity index is 491. The zero-order valence-corrected chi connectivity index (χ0v) is 12.7. The molecule has 3 nitrogen and oxygen atoms in total. The molecule has 0 amide bonds. The second-order valence-corrected chi connectivity index (χ2v) is 6.00. The minimum atomic E-state index is -4.35. The first-order chi connectivity index (χ1) is 9.77. The Morgan fingerprint density at radius 3 is 2.38 bits per heavy atom. The molecule has 2 heterocycles. The molecule has 1 N–H and O–H groups in total. The van der Waals surface area contributed by atoms with E-state index in [2.05, 4.69) is 24.1 Å². The molecule has 1 fully saturated rings. The van der Waals surface area contributed by atoms with E-state index in [-0.39, 0.29) is 5.82 Å². The number of anilines is 2. The van der Waals surface area contributed by atoms with Crippen molar-refractivity contribution in [3.05, 3.63) is 17.7 Å². The van der Waals surface area contributed by atoms with Crippen molar-refractivity contribution in [3.8, 4) is 0 Å². The van der Waals surface area contributed by atoms with E-state index in [1.165, 1.54) is 0 Å². The van der Waals surface area contributed by atoms with Crippen LogP contribution in [-0.2, 0) is 6.18 Å². The summed E-state index contributed by atoms with van der Waals surface area (Å²) in [5.74, 6) is 0.663. The quantitative estimate of drug-likeness (QED) is 0.908. The minimum Gasteiger partial charge on any atom is -0.373 e. The second-order valence-electron chi connectivity index (χ2n) is 6.00. The van der Waals surface area contributed by atoms with Crippen molar-refractivity contribution >= 4 is 11.6 Å². The average Bonchev–Trinajstić information content (AvgIpc) is 2.46. The monoisotopic (exact) mass is 301 g/mol. The number of aromatic nitrogens is 1. The molecule has 118 valence electrons. The van der Waals surface area contributed by atoms with Crippen molar-refractivity contribution < 1.29 is 13.2 Å². The van der Waals surface area contributed by atoms with Gasteiger partial charge in [-0.05, 0) is 30.4 Å². The standard InChI is InChI=1S/C15H22F3N3/c1-4-14(2)5-7-21(8-6-14)13-10-11(15(16,17)18)9-12(19-3)20-13/h9-10H,4-8H2,1-3H3,(H,19,20). The summed E-state index contributed by atoms with van der Waals surface area (Å²) in [6, 6.07) is 2.19. The van der Waals surface area contributed by atoms with Gasteiger partial charge >= 0.3 is 6.18 Å². The van der Waals surface area contributed by atoms with Gasteiger partial charge in [0, 0.05) is 20.1 Å². The van der Waals surface area contributed by atoms with Crippen LogP contribution in [0.15, 0.2) is 12.1 Å². The van der Waals surface area contributed by atoms with Gasteiger partial charge in [-0.2, -0.15) is 13.2 Å². The summed E-state index contributed by atoms with van der Waals surface area (Å²) >= 11 is 0. The minimum absolute atomic E-state index is 0.253. The lowest BCUT2D eigenvalue weighted by Gasteiger charge is -2.39. The van der Waals surface area contributed by atoms with Crippen LogP contribution < -0.4 is 10.2 Å². The zero-order valence-electron chi connectivity index (χ0n) is 12.7. The number of rotatable bonds is 3. The van der Waals surface area contributed by atoms with Crippen molar-refractivity contribution in [1.82, 2.24) is 4.98 Å². The molecule has 1 aromatic rings. The van der Waals surface area contributed by atoms with Gasteiger partial charge in [0.15, 0.2) is 0 Å². The molecule has 0 saturated carbocycles. The zero-order chi connectivity index (χ0) is 15.7. The predicted molar refractivity (Wildman–Crippen MR) is 78.6 cm³/mol. The molecule has 0 aliphatic carbocycles. The van der Waals surface area contributed by atoms with E-state index in [9.17, 15) is 13.2 Å². The number of hydrogen-bond donors (Lipinski definition) is 1. The number of piperidine rings is 1. The number of hydrogen-bond acceptors (Lipinski definition) is 3. The highest BCUT2D eigenvalue weighted by Crippen LogP contribution is 2.37. The smallest absolute Gasteiger partial charge is 0.373 e. The molecule has 0 aromatic carbocycles. The molecule has 1 aliphatic heterocycles. The molecule has 2 rings (SSSR count). The predicted octanol–water partition coefficient (Wildman–Crippen LogP) is 4.16. The van der Waals surface area contributed by atoms with Crippen molar-refractivity contribution in [3.63, 3.8) is 0 Å². The lowest BCUT2D eigenvalue weighted by atomic mass is 9.78. The maximum Gasteiger partial charge on any atom is 0.416 e. The molecule has 21 heavy (non-hydrogen) atoms. The molecule has 1 aliphatic rings.